The molecule has 0 fully saturated rings. The number of benzene rings is 1. The number of rotatable bonds is 1. The number of alkyl carbamates (subject to hydrolysis) is 1. The average Bonchev–Trinajstić information content (AvgIpc) is 2.69. The third-order valence-corrected chi connectivity index (χ3v) is 2.61. The first-order valence-electron chi connectivity index (χ1n) is 6.05. The van der Waals surface area contributed by atoms with Gasteiger partial charge in [-0.3, -0.25) is 0 Å². The number of amides is 1. The fraction of sp³-hybridized carbons (Fsp3) is 0.429. The zero-order chi connectivity index (χ0) is 14.0. The molecule has 0 spiro atoms. The van der Waals surface area contributed by atoms with Crippen molar-refractivity contribution in [2.24, 2.45) is 0 Å². The van der Waals surface area contributed by atoms with Crippen LogP contribution >= 0.6 is 0 Å². The van der Waals surface area contributed by atoms with E-state index in [4.69, 9.17) is 14.7 Å². The van der Waals surface area contributed by atoms with E-state index in [0.29, 0.717) is 17.9 Å². The summed E-state index contributed by atoms with van der Waals surface area (Å²) in [5, 5.41) is 11.6. The SMILES string of the molecule is CC(C)(C)OC(=O)NC1COc2cc(C#N)ccc21. The fourth-order valence-corrected chi connectivity index (χ4v) is 1.85. The van der Waals surface area contributed by atoms with Gasteiger partial charge in [-0.05, 0) is 32.9 Å². The third-order valence-electron chi connectivity index (χ3n) is 2.61. The molecule has 19 heavy (non-hydrogen) atoms. The zero-order valence-electron chi connectivity index (χ0n) is 11.2. The molecule has 5 heteroatoms. The van der Waals surface area contributed by atoms with Crippen LogP contribution in [0.3, 0.4) is 0 Å². The number of hydrogen-bond acceptors (Lipinski definition) is 4. The minimum Gasteiger partial charge on any atom is -0.491 e. The second-order valence-corrected chi connectivity index (χ2v) is 5.37. The second kappa shape index (κ2) is 4.81. The Hall–Kier alpha value is -2.22. The van der Waals surface area contributed by atoms with Gasteiger partial charge in [0.15, 0.2) is 0 Å². The van der Waals surface area contributed by atoms with Crippen LogP contribution in [0.5, 0.6) is 5.75 Å². The van der Waals surface area contributed by atoms with Crippen LogP contribution in [0.25, 0.3) is 0 Å². The monoisotopic (exact) mass is 260 g/mol. The number of carbonyl (C=O) groups excluding carboxylic acids is 1. The maximum Gasteiger partial charge on any atom is 0.408 e. The molecule has 100 valence electrons. The molecule has 0 aliphatic carbocycles. The Kier molecular flexibility index (Phi) is 3.34. The average molecular weight is 260 g/mol. The van der Waals surface area contributed by atoms with Crippen LogP contribution in [0.2, 0.25) is 0 Å². The molecule has 1 aliphatic rings. The Morgan fingerprint density at radius 2 is 2.26 bits per heavy atom. The standard InChI is InChI=1S/C14H16N2O3/c1-14(2,3)19-13(17)16-11-8-18-12-6-9(7-15)4-5-10(11)12/h4-6,11H,8H2,1-3H3,(H,16,17). The van der Waals surface area contributed by atoms with Crippen LogP contribution in [0, 0.1) is 11.3 Å². The molecule has 1 N–H and O–H groups in total. The highest BCUT2D eigenvalue weighted by atomic mass is 16.6. The summed E-state index contributed by atoms with van der Waals surface area (Å²) >= 11 is 0. The summed E-state index contributed by atoms with van der Waals surface area (Å²) in [4.78, 5) is 11.7. The van der Waals surface area contributed by atoms with Gasteiger partial charge in [-0.25, -0.2) is 4.79 Å². The maximum absolute atomic E-state index is 11.7. The first kappa shape index (κ1) is 13.2. The van der Waals surface area contributed by atoms with Crippen LogP contribution in [-0.2, 0) is 4.74 Å². The number of nitriles is 1. The predicted octanol–water partition coefficient (Wildman–Crippen LogP) is 2.52. The molecular formula is C14H16N2O3. The lowest BCUT2D eigenvalue weighted by atomic mass is 10.1. The van der Waals surface area contributed by atoms with E-state index in [1.807, 2.05) is 20.8 Å². The van der Waals surface area contributed by atoms with E-state index in [0.717, 1.165) is 5.56 Å². The van der Waals surface area contributed by atoms with Crippen molar-refractivity contribution < 1.29 is 14.3 Å². The highest BCUT2D eigenvalue weighted by Gasteiger charge is 2.27. The van der Waals surface area contributed by atoms with Crippen molar-refractivity contribution >= 4 is 6.09 Å². The predicted molar refractivity (Wildman–Crippen MR) is 68.8 cm³/mol. The van der Waals surface area contributed by atoms with Gasteiger partial charge in [0.25, 0.3) is 0 Å². The van der Waals surface area contributed by atoms with Crippen molar-refractivity contribution in [3.63, 3.8) is 0 Å². The molecule has 5 nitrogen and oxygen atoms in total. The Morgan fingerprint density at radius 1 is 1.53 bits per heavy atom. The molecule has 0 bridgehead atoms. The Balaban J connectivity index is 2.07. The first-order valence-corrected chi connectivity index (χ1v) is 6.05. The number of ether oxygens (including phenoxy) is 2. The van der Waals surface area contributed by atoms with Gasteiger partial charge in [0.1, 0.15) is 18.0 Å². The number of nitrogens with one attached hydrogen (secondary N) is 1. The molecule has 1 aromatic carbocycles. The lowest BCUT2D eigenvalue weighted by molar-refractivity contribution is 0.0497. The topological polar surface area (TPSA) is 71.3 Å². The van der Waals surface area contributed by atoms with Crippen LogP contribution in [-0.4, -0.2) is 18.3 Å². The number of hydrogen-bond donors (Lipinski definition) is 1. The molecule has 0 radical (unpaired) electrons. The Morgan fingerprint density at radius 3 is 2.89 bits per heavy atom. The van der Waals surface area contributed by atoms with Gasteiger partial charge in [0.05, 0.1) is 17.7 Å². The van der Waals surface area contributed by atoms with E-state index in [1.165, 1.54) is 0 Å². The van der Waals surface area contributed by atoms with Gasteiger partial charge < -0.3 is 14.8 Å². The lowest BCUT2D eigenvalue weighted by Gasteiger charge is -2.21. The van der Waals surface area contributed by atoms with Crippen molar-refractivity contribution in [3.05, 3.63) is 29.3 Å². The van der Waals surface area contributed by atoms with Gasteiger partial charge in [0, 0.05) is 5.56 Å². The van der Waals surface area contributed by atoms with Crippen LogP contribution in [0.4, 0.5) is 4.79 Å². The summed E-state index contributed by atoms with van der Waals surface area (Å²) in [6.45, 7) is 5.78. The molecule has 1 amide bonds. The molecule has 0 saturated heterocycles. The van der Waals surface area contributed by atoms with Gasteiger partial charge in [0.2, 0.25) is 0 Å². The molecule has 0 aromatic heterocycles. The van der Waals surface area contributed by atoms with E-state index in [1.54, 1.807) is 18.2 Å². The van der Waals surface area contributed by atoms with E-state index < -0.39 is 11.7 Å². The summed E-state index contributed by atoms with van der Waals surface area (Å²) in [6.07, 6.45) is -0.474. The van der Waals surface area contributed by atoms with Crippen LogP contribution in [0.1, 0.15) is 37.9 Å². The molecule has 1 unspecified atom stereocenters. The van der Waals surface area contributed by atoms with Crippen LogP contribution < -0.4 is 10.1 Å². The van der Waals surface area contributed by atoms with E-state index in [2.05, 4.69) is 11.4 Å². The highest BCUT2D eigenvalue weighted by Crippen LogP contribution is 2.33. The quantitative estimate of drug-likeness (QED) is 0.842. The Labute approximate surface area is 112 Å². The van der Waals surface area contributed by atoms with Gasteiger partial charge >= 0.3 is 6.09 Å². The summed E-state index contributed by atoms with van der Waals surface area (Å²) < 4.78 is 10.7. The van der Waals surface area contributed by atoms with E-state index >= 15 is 0 Å². The van der Waals surface area contributed by atoms with Crippen LogP contribution in [0.15, 0.2) is 18.2 Å². The van der Waals surface area contributed by atoms with Crippen molar-refractivity contribution in [3.8, 4) is 11.8 Å². The van der Waals surface area contributed by atoms with Gasteiger partial charge in [-0.2, -0.15) is 5.26 Å². The van der Waals surface area contributed by atoms with Gasteiger partial charge in [-0.1, -0.05) is 6.07 Å². The molecular weight excluding hydrogens is 244 g/mol. The molecule has 2 rings (SSSR count). The second-order valence-electron chi connectivity index (χ2n) is 5.37. The van der Waals surface area contributed by atoms with Crippen molar-refractivity contribution in [1.82, 2.24) is 5.32 Å². The molecule has 1 heterocycles. The van der Waals surface area contributed by atoms with E-state index in [9.17, 15) is 4.79 Å². The summed E-state index contributed by atoms with van der Waals surface area (Å²) in [5.41, 5.74) is 0.873. The maximum atomic E-state index is 11.7. The minimum atomic E-state index is -0.531. The zero-order valence-corrected chi connectivity index (χ0v) is 11.2. The number of fused-ring (bicyclic) bond motifs is 1. The normalized spacial score (nSPS) is 17.1. The summed E-state index contributed by atoms with van der Waals surface area (Å²) in [6, 6.07) is 6.99. The smallest absolute Gasteiger partial charge is 0.408 e. The minimum absolute atomic E-state index is 0.238. The van der Waals surface area contributed by atoms with Crippen molar-refractivity contribution in [2.75, 3.05) is 6.61 Å². The summed E-state index contributed by atoms with van der Waals surface area (Å²) in [5.74, 6) is 0.639. The molecule has 1 aliphatic heterocycles. The fourth-order valence-electron chi connectivity index (χ4n) is 1.85. The number of carbonyl (C=O) groups is 1. The largest absolute Gasteiger partial charge is 0.491 e. The first-order chi connectivity index (χ1) is 8.89. The number of nitrogens with zero attached hydrogens (tertiary/aromatic N) is 1. The van der Waals surface area contributed by atoms with Crippen molar-refractivity contribution in [1.29, 1.82) is 5.26 Å². The summed E-state index contributed by atoms with van der Waals surface area (Å²) in [7, 11) is 0. The molecule has 0 saturated carbocycles. The Bertz CT molecular complexity index is 541. The lowest BCUT2D eigenvalue weighted by Crippen LogP contribution is -2.35. The van der Waals surface area contributed by atoms with E-state index in [-0.39, 0.29) is 6.04 Å². The third kappa shape index (κ3) is 3.16. The van der Waals surface area contributed by atoms with Crippen molar-refractivity contribution in [2.45, 2.75) is 32.4 Å². The van der Waals surface area contributed by atoms with Gasteiger partial charge in [-0.15, -0.1) is 0 Å². The molecule has 1 atom stereocenters. The highest BCUT2D eigenvalue weighted by molar-refractivity contribution is 5.69. The molecule has 1 aromatic rings.